The maximum Gasteiger partial charge on any atom is 0.257 e. The molecule has 2 rings (SSSR count). The average Bonchev–Trinajstić information content (AvgIpc) is 2.74. The molecule has 104 valence electrons. The van der Waals surface area contributed by atoms with Gasteiger partial charge in [0, 0.05) is 25.7 Å². The van der Waals surface area contributed by atoms with Gasteiger partial charge in [-0.2, -0.15) is 0 Å². The molecule has 5 nitrogen and oxygen atoms in total. The Bertz CT molecular complexity index is 476. The van der Waals surface area contributed by atoms with E-state index in [9.17, 15) is 9.90 Å². The summed E-state index contributed by atoms with van der Waals surface area (Å²) in [5.41, 5.74) is 1.25. The lowest BCUT2D eigenvalue weighted by atomic mass is 10.1. The van der Waals surface area contributed by atoms with Crippen LogP contribution in [0.3, 0.4) is 0 Å². The molecule has 5 heteroatoms. The lowest BCUT2D eigenvalue weighted by molar-refractivity contribution is 0.0692. The van der Waals surface area contributed by atoms with Crippen LogP contribution < -0.4 is 0 Å². The van der Waals surface area contributed by atoms with Gasteiger partial charge < -0.3 is 10.0 Å². The van der Waals surface area contributed by atoms with Gasteiger partial charge in [0.2, 0.25) is 0 Å². The molecule has 1 aliphatic carbocycles. The van der Waals surface area contributed by atoms with E-state index in [4.69, 9.17) is 0 Å². The molecule has 1 heterocycles. The van der Waals surface area contributed by atoms with Gasteiger partial charge in [-0.3, -0.25) is 4.79 Å². The number of aliphatic hydroxyl groups is 1. The molecule has 2 unspecified atom stereocenters. The molecule has 0 aliphatic heterocycles. The summed E-state index contributed by atoms with van der Waals surface area (Å²) in [6.45, 7) is 4.22. The molecule has 0 spiro atoms. The maximum atomic E-state index is 12.3. The third kappa shape index (κ3) is 3.10. The SMILES string of the molecule is Cc1ncc(C(=O)N(C)CC2CCCC2O)c(C)n1. The van der Waals surface area contributed by atoms with Gasteiger partial charge in [0.25, 0.3) is 5.91 Å². The molecule has 1 N–H and O–H groups in total. The number of amides is 1. The summed E-state index contributed by atoms with van der Waals surface area (Å²) in [5.74, 6) is 0.792. The van der Waals surface area contributed by atoms with Gasteiger partial charge in [-0.1, -0.05) is 6.42 Å². The van der Waals surface area contributed by atoms with E-state index in [0.29, 0.717) is 23.6 Å². The van der Waals surface area contributed by atoms with E-state index >= 15 is 0 Å². The van der Waals surface area contributed by atoms with Crippen LogP contribution in [0.5, 0.6) is 0 Å². The average molecular weight is 263 g/mol. The van der Waals surface area contributed by atoms with Crippen molar-refractivity contribution in [3.05, 3.63) is 23.3 Å². The molecule has 0 aromatic carbocycles. The zero-order chi connectivity index (χ0) is 14.0. The highest BCUT2D eigenvalue weighted by atomic mass is 16.3. The van der Waals surface area contributed by atoms with E-state index in [2.05, 4.69) is 9.97 Å². The summed E-state index contributed by atoms with van der Waals surface area (Å²) >= 11 is 0. The van der Waals surface area contributed by atoms with Crippen LogP contribution in [0.4, 0.5) is 0 Å². The topological polar surface area (TPSA) is 66.3 Å². The normalized spacial score (nSPS) is 22.5. The smallest absolute Gasteiger partial charge is 0.257 e. The minimum Gasteiger partial charge on any atom is -0.393 e. The van der Waals surface area contributed by atoms with Gasteiger partial charge in [0.15, 0.2) is 0 Å². The molecule has 1 fully saturated rings. The fourth-order valence-electron chi connectivity index (χ4n) is 2.66. The van der Waals surface area contributed by atoms with Crippen LogP contribution in [0.1, 0.15) is 41.1 Å². The number of aryl methyl sites for hydroxylation is 2. The molecule has 0 bridgehead atoms. The molecule has 19 heavy (non-hydrogen) atoms. The van der Waals surface area contributed by atoms with E-state index in [0.717, 1.165) is 19.3 Å². The number of hydrogen-bond acceptors (Lipinski definition) is 4. The Morgan fingerprint density at radius 3 is 2.79 bits per heavy atom. The predicted molar refractivity (Wildman–Crippen MR) is 71.8 cm³/mol. The zero-order valence-corrected chi connectivity index (χ0v) is 11.8. The maximum absolute atomic E-state index is 12.3. The fourth-order valence-corrected chi connectivity index (χ4v) is 2.66. The van der Waals surface area contributed by atoms with E-state index in [1.807, 2.05) is 6.92 Å². The van der Waals surface area contributed by atoms with Crippen molar-refractivity contribution in [2.75, 3.05) is 13.6 Å². The Labute approximate surface area is 113 Å². The third-order valence-electron chi connectivity index (χ3n) is 3.80. The highest BCUT2D eigenvalue weighted by Gasteiger charge is 2.28. The second-order valence-corrected chi connectivity index (χ2v) is 5.36. The van der Waals surface area contributed by atoms with Crippen LogP contribution in [0.25, 0.3) is 0 Å². The summed E-state index contributed by atoms with van der Waals surface area (Å²) in [7, 11) is 1.77. The summed E-state index contributed by atoms with van der Waals surface area (Å²) < 4.78 is 0. The number of rotatable bonds is 3. The van der Waals surface area contributed by atoms with Crippen LogP contribution in [0, 0.1) is 19.8 Å². The minimum atomic E-state index is -0.273. The number of carbonyl (C=O) groups is 1. The highest BCUT2D eigenvalue weighted by Crippen LogP contribution is 2.26. The van der Waals surface area contributed by atoms with Gasteiger partial charge >= 0.3 is 0 Å². The van der Waals surface area contributed by atoms with Gasteiger partial charge in [0.05, 0.1) is 17.4 Å². The molecule has 2 atom stereocenters. The highest BCUT2D eigenvalue weighted by molar-refractivity contribution is 5.94. The summed E-state index contributed by atoms with van der Waals surface area (Å²) in [5, 5.41) is 9.82. The van der Waals surface area contributed by atoms with Gasteiger partial charge in [-0.05, 0) is 26.7 Å². The quantitative estimate of drug-likeness (QED) is 0.893. The molecule has 0 saturated heterocycles. The first-order valence-electron chi connectivity index (χ1n) is 6.73. The first kappa shape index (κ1) is 13.9. The Hall–Kier alpha value is -1.49. The molecule has 1 aromatic heterocycles. The first-order valence-corrected chi connectivity index (χ1v) is 6.73. The van der Waals surface area contributed by atoms with Gasteiger partial charge in [-0.15, -0.1) is 0 Å². The molecule has 0 radical (unpaired) electrons. The third-order valence-corrected chi connectivity index (χ3v) is 3.80. The van der Waals surface area contributed by atoms with E-state index in [1.165, 1.54) is 0 Å². The largest absolute Gasteiger partial charge is 0.393 e. The number of nitrogens with zero attached hydrogens (tertiary/aromatic N) is 3. The fraction of sp³-hybridized carbons (Fsp3) is 0.643. The van der Waals surface area contributed by atoms with Crippen molar-refractivity contribution in [1.82, 2.24) is 14.9 Å². The van der Waals surface area contributed by atoms with Crippen molar-refractivity contribution >= 4 is 5.91 Å². The van der Waals surface area contributed by atoms with Crippen molar-refractivity contribution in [2.45, 2.75) is 39.2 Å². The second-order valence-electron chi connectivity index (χ2n) is 5.36. The Kier molecular flexibility index (Phi) is 4.14. The number of aliphatic hydroxyl groups excluding tert-OH is 1. The molecule has 1 aliphatic rings. The van der Waals surface area contributed by atoms with E-state index < -0.39 is 0 Å². The molecular formula is C14H21N3O2. The number of aromatic nitrogens is 2. The lowest BCUT2D eigenvalue weighted by Gasteiger charge is -2.23. The Morgan fingerprint density at radius 2 is 2.21 bits per heavy atom. The monoisotopic (exact) mass is 263 g/mol. The van der Waals surface area contributed by atoms with Gasteiger partial charge in [-0.25, -0.2) is 9.97 Å². The molecule has 1 amide bonds. The predicted octanol–water partition coefficient (Wildman–Crippen LogP) is 1.33. The van der Waals surface area contributed by atoms with Crippen molar-refractivity contribution in [3.8, 4) is 0 Å². The van der Waals surface area contributed by atoms with Crippen LogP contribution in [0.15, 0.2) is 6.20 Å². The minimum absolute atomic E-state index is 0.0726. The van der Waals surface area contributed by atoms with Crippen LogP contribution in [-0.2, 0) is 0 Å². The summed E-state index contributed by atoms with van der Waals surface area (Å²) in [6.07, 6.45) is 4.19. The molecule has 1 aromatic rings. The Balaban J connectivity index is 2.06. The van der Waals surface area contributed by atoms with Crippen molar-refractivity contribution in [1.29, 1.82) is 0 Å². The number of hydrogen-bond donors (Lipinski definition) is 1. The Morgan fingerprint density at radius 1 is 1.47 bits per heavy atom. The lowest BCUT2D eigenvalue weighted by Crippen LogP contribution is -2.35. The molecule has 1 saturated carbocycles. The first-order chi connectivity index (χ1) is 8.99. The van der Waals surface area contributed by atoms with Crippen molar-refractivity contribution in [2.24, 2.45) is 5.92 Å². The van der Waals surface area contributed by atoms with Crippen molar-refractivity contribution in [3.63, 3.8) is 0 Å². The summed E-state index contributed by atoms with van der Waals surface area (Å²) in [6, 6.07) is 0. The number of carbonyl (C=O) groups excluding carboxylic acids is 1. The van der Waals surface area contributed by atoms with Crippen LogP contribution >= 0.6 is 0 Å². The standard InChI is InChI=1S/C14H21N3O2/c1-9-12(7-15-10(2)16-9)14(19)17(3)8-11-5-4-6-13(11)18/h7,11,13,18H,4-6,8H2,1-3H3. The van der Waals surface area contributed by atoms with Gasteiger partial charge in [0.1, 0.15) is 5.82 Å². The molecular weight excluding hydrogens is 242 g/mol. The zero-order valence-electron chi connectivity index (χ0n) is 11.8. The van der Waals surface area contributed by atoms with E-state index in [1.54, 1.807) is 25.1 Å². The van der Waals surface area contributed by atoms with E-state index in [-0.39, 0.29) is 17.9 Å². The van der Waals surface area contributed by atoms with Crippen LogP contribution in [-0.4, -0.2) is 45.6 Å². The van der Waals surface area contributed by atoms with Crippen LogP contribution in [0.2, 0.25) is 0 Å². The second kappa shape index (κ2) is 5.65. The van der Waals surface area contributed by atoms with Crippen molar-refractivity contribution < 1.29 is 9.90 Å². The summed E-state index contributed by atoms with van der Waals surface area (Å²) in [4.78, 5) is 22.3.